The summed E-state index contributed by atoms with van der Waals surface area (Å²) in [6.45, 7) is 5.70. The van der Waals surface area contributed by atoms with Gasteiger partial charge in [0, 0.05) is 17.7 Å². The predicted octanol–water partition coefficient (Wildman–Crippen LogP) is 2.52. The van der Waals surface area contributed by atoms with E-state index in [1.807, 2.05) is 32.9 Å². The van der Waals surface area contributed by atoms with Crippen molar-refractivity contribution in [1.82, 2.24) is 15.6 Å². The molecule has 1 aromatic heterocycles. The average molecular weight is 344 g/mol. The van der Waals surface area contributed by atoms with Crippen molar-refractivity contribution in [2.75, 3.05) is 14.2 Å². The zero-order valence-corrected chi connectivity index (χ0v) is 15.3. The minimum Gasteiger partial charge on any atom is -0.493 e. The predicted molar refractivity (Wildman–Crippen MR) is 96.3 cm³/mol. The molecule has 0 radical (unpaired) electrons. The number of carbonyl (C=O) groups is 1. The molecule has 7 heteroatoms. The molecule has 2 aromatic rings. The van der Waals surface area contributed by atoms with Crippen LogP contribution in [0.4, 0.5) is 0 Å². The van der Waals surface area contributed by atoms with E-state index < -0.39 is 0 Å². The Labute approximate surface area is 147 Å². The van der Waals surface area contributed by atoms with Crippen molar-refractivity contribution >= 4 is 11.6 Å². The van der Waals surface area contributed by atoms with Crippen LogP contribution >= 0.6 is 0 Å². The molecule has 0 unspecified atom stereocenters. The van der Waals surface area contributed by atoms with E-state index in [1.54, 1.807) is 20.3 Å². The molecule has 0 spiro atoms. The van der Waals surface area contributed by atoms with Gasteiger partial charge in [0.25, 0.3) is 0 Å². The quantitative estimate of drug-likeness (QED) is 0.597. The van der Waals surface area contributed by atoms with Crippen LogP contribution in [0.2, 0.25) is 0 Å². The molecule has 0 atom stereocenters. The normalized spacial score (nSPS) is 11.3. The maximum absolute atomic E-state index is 12.0. The number of aryl methyl sites for hydroxylation is 2. The van der Waals surface area contributed by atoms with Crippen LogP contribution in [0.1, 0.15) is 35.9 Å². The van der Waals surface area contributed by atoms with Gasteiger partial charge < -0.3 is 9.47 Å². The molecular formula is C18H24N4O3. The number of nitrogens with zero attached hydrogens (tertiary/aromatic N) is 2. The molecule has 0 aliphatic rings. The second-order valence-corrected chi connectivity index (χ2v) is 5.71. The van der Waals surface area contributed by atoms with Gasteiger partial charge >= 0.3 is 0 Å². The van der Waals surface area contributed by atoms with E-state index in [1.165, 1.54) is 0 Å². The first kappa shape index (κ1) is 18.5. The van der Waals surface area contributed by atoms with Gasteiger partial charge in [0.2, 0.25) is 5.91 Å². The molecule has 25 heavy (non-hydrogen) atoms. The molecule has 0 aliphatic heterocycles. The third kappa shape index (κ3) is 4.59. The highest BCUT2D eigenvalue weighted by Gasteiger charge is 2.10. The Bertz CT molecular complexity index is 761. The van der Waals surface area contributed by atoms with Gasteiger partial charge in [0.05, 0.1) is 25.6 Å². The van der Waals surface area contributed by atoms with Gasteiger partial charge in [-0.15, -0.1) is 0 Å². The number of hydrogen-bond donors (Lipinski definition) is 2. The van der Waals surface area contributed by atoms with Crippen LogP contribution in [0, 0.1) is 13.8 Å². The number of benzene rings is 1. The van der Waals surface area contributed by atoms with Gasteiger partial charge in [-0.05, 0) is 51.0 Å². The summed E-state index contributed by atoms with van der Waals surface area (Å²) in [6.07, 6.45) is 0.981. The lowest BCUT2D eigenvalue weighted by atomic mass is 10.1. The Kier molecular flexibility index (Phi) is 6.16. The summed E-state index contributed by atoms with van der Waals surface area (Å²) in [5.74, 6) is 1.13. The number of methoxy groups -OCH3 is 2. The highest BCUT2D eigenvalue weighted by atomic mass is 16.5. The van der Waals surface area contributed by atoms with Gasteiger partial charge in [-0.2, -0.15) is 10.2 Å². The molecule has 1 heterocycles. The lowest BCUT2D eigenvalue weighted by Gasteiger charge is -2.09. The summed E-state index contributed by atoms with van der Waals surface area (Å²) in [6, 6.07) is 5.49. The molecule has 0 fully saturated rings. The zero-order chi connectivity index (χ0) is 18.4. The Morgan fingerprint density at radius 2 is 1.96 bits per heavy atom. The molecular weight excluding hydrogens is 320 g/mol. The summed E-state index contributed by atoms with van der Waals surface area (Å²) in [4.78, 5) is 12.0. The highest BCUT2D eigenvalue weighted by molar-refractivity contribution is 5.99. The zero-order valence-electron chi connectivity index (χ0n) is 15.3. The Morgan fingerprint density at radius 3 is 2.56 bits per heavy atom. The Balaban J connectivity index is 1.97. The largest absolute Gasteiger partial charge is 0.493 e. The third-order valence-electron chi connectivity index (χ3n) is 4.03. The number of hydrogen-bond acceptors (Lipinski definition) is 5. The summed E-state index contributed by atoms with van der Waals surface area (Å²) in [5.41, 5.74) is 7.13. The van der Waals surface area contributed by atoms with Gasteiger partial charge in [0.15, 0.2) is 11.5 Å². The summed E-state index contributed by atoms with van der Waals surface area (Å²) in [7, 11) is 3.16. The summed E-state index contributed by atoms with van der Waals surface area (Å²) >= 11 is 0. The number of ether oxygens (including phenoxy) is 2. The third-order valence-corrected chi connectivity index (χ3v) is 4.03. The molecule has 1 aromatic carbocycles. The number of nitrogens with one attached hydrogen (secondary N) is 2. The number of hydrazone groups is 1. The number of aromatic amines is 1. The van der Waals surface area contributed by atoms with Crippen molar-refractivity contribution in [2.45, 2.75) is 33.6 Å². The minimum atomic E-state index is -0.139. The maximum atomic E-state index is 12.0. The molecule has 0 saturated heterocycles. The smallest absolute Gasteiger partial charge is 0.240 e. The molecule has 2 N–H and O–H groups in total. The number of rotatable bonds is 7. The lowest BCUT2D eigenvalue weighted by molar-refractivity contribution is -0.121. The number of H-pyrrole nitrogens is 1. The molecule has 2 rings (SSSR count). The summed E-state index contributed by atoms with van der Waals surface area (Å²) in [5, 5.41) is 11.2. The van der Waals surface area contributed by atoms with Gasteiger partial charge in [-0.3, -0.25) is 9.89 Å². The van der Waals surface area contributed by atoms with Crippen molar-refractivity contribution in [2.24, 2.45) is 5.10 Å². The van der Waals surface area contributed by atoms with Crippen molar-refractivity contribution in [3.63, 3.8) is 0 Å². The Morgan fingerprint density at radius 1 is 1.24 bits per heavy atom. The molecule has 134 valence electrons. The fraction of sp³-hybridized carbons (Fsp3) is 0.389. The van der Waals surface area contributed by atoms with E-state index in [0.717, 1.165) is 22.5 Å². The van der Waals surface area contributed by atoms with Crippen LogP contribution in [-0.4, -0.2) is 36.0 Å². The fourth-order valence-corrected chi connectivity index (χ4v) is 2.51. The van der Waals surface area contributed by atoms with E-state index in [4.69, 9.17) is 9.47 Å². The van der Waals surface area contributed by atoms with Crippen molar-refractivity contribution in [3.8, 4) is 11.5 Å². The molecule has 0 bridgehead atoms. The standard InChI is InChI=1S/C18H24N4O3/c1-11(14-6-8-16(24-4)17(10-14)25-5)19-22-18(23)9-7-15-12(2)20-21-13(15)3/h6,8,10H,7,9H2,1-5H3,(H,20,21)(H,22,23). The molecule has 0 saturated carbocycles. The first-order chi connectivity index (χ1) is 12.0. The van der Waals surface area contributed by atoms with Crippen molar-refractivity contribution in [1.29, 1.82) is 0 Å². The maximum Gasteiger partial charge on any atom is 0.240 e. The average Bonchev–Trinajstić information content (AvgIpc) is 2.95. The van der Waals surface area contributed by atoms with Gasteiger partial charge in [-0.1, -0.05) is 0 Å². The van der Waals surface area contributed by atoms with Gasteiger partial charge in [0.1, 0.15) is 0 Å². The molecule has 0 aliphatic carbocycles. The van der Waals surface area contributed by atoms with Crippen LogP contribution in [0.25, 0.3) is 0 Å². The number of aromatic nitrogens is 2. The van der Waals surface area contributed by atoms with Crippen molar-refractivity contribution < 1.29 is 14.3 Å². The van der Waals surface area contributed by atoms with Crippen molar-refractivity contribution in [3.05, 3.63) is 40.7 Å². The minimum absolute atomic E-state index is 0.139. The highest BCUT2D eigenvalue weighted by Crippen LogP contribution is 2.27. The van der Waals surface area contributed by atoms with Gasteiger partial charge in [-0.25, -0.2) is 5.43 Å². The summed E-state index contributed by atoms with van der Waals surface area (Å²) < 4.78 is 10.5. The number of carbonyl (C=O) groups excluding carboxylic acids is 1. The SMILES string of the molecule is COc1ccc(C(C)=NNC(=O)CCc2c(C)n[nH]c2C)cc1OC. The van der Waals surface area contributed by atoms with E-state index >= 15 is 0 Å². The van der Waals surface area contributed by atoms with Crippen LogP contribution in [0.5, 0.6) is 11.5 Å². The van der Waals surface area contributed by atoms with Crippen LogP contribution in [0.15, 0.2) is 23.3 Å². The van der Waals surface area contributed by atoms with E-state index in [0.29, 0.717) is 30.1 Å². The van der Waals surface area contributed by atoms with E-state index in [9.17, 15) is 4.79 Å². The van der Waals surface area contributed by atoms with E-state index in [2.05, 4.69) is 20.7 Å². The Hall–Kier alpha value is -2.83. The second kappa shape index (κ2) is 8.32. The van der Waals surface area contributed by atoms with Crippen LogP contribution in [-0.2, 0) is 11.2 Å². The molecule has 1 amide bonds. The number of amides is 1. The topological polar surface area (TPSA) is 88.6 Å². The monoisotopic (exact) mass is 344 g/mol. The fourth-order valence-electron chi connectivity index (χ4n) is 2.51. The van der Waals surface area contributed by atoms with E-state index in [-0.39, 0.29) is 5.91 Å². The van der Waals surface area contributed by atoms with Crippen LogP contribution < -0.4 is 14.9 Å². The first-order valence-corrected chi connectivity index (χ1v) is 8.02. The second-order valence-electron chi connectivity index (χ2n) is 5.71. The lowest BCUT2D eigenvalue weighted by Crippen LogP contribution is -2.19. The molecule has 7 nitrogen and oxygen atoms in total. The first-order valence-electron chi connectivity index (χ1n) is 8.02. The van der Waals surface area contributed by atoms with Crippen LogP contribution in [0.3, 0.4) is 0 Å².